The molecule has 4 N–H and O–H groups in total. The maximum atomic E-state index is 9.56. The molecule has 0 atom stereocenters. The SMILES string of the molecule is NC/C=C/c1cccc(CO)c1O. The normalized spacial score (nSPS) is 10.9. The average Bonchev–Trinajstić information content (AvgIpc) is 2.16. The monoisotopic (exact) mass is 179 g/mol. The first-order valence-corrected chi connectivity index (χ1v) is 4.08. The Morgan fingerprint density at radius 2 is 2.15 bits per heavy atom. The number of para-hydroxylation sites is 1. The summed E-state index contributed by atoms with van der Waals surface area (Å²) in [4.78, 5) is 0. The predicted molar refractivity (Wildman–Crippen MR) is 52.1 cm³/mol. The van der Waals surface area contributed by atoms with E-state index in [1.807, 2.05) is 0 Å². The van der Waals surface area contributed by atoms with E-state index in [1.165, 1.54) is 0 Å². The molecule has 1 rings (SSSR count). The summed E-state index contributed by atoms with van der Waals surface area (Å²) in [6, 6.07) is 5.22. The van der Waals surface area contributed by atoms with Crippen molar-refractivity contribution < 1.29 is 10.2 Å². The zero-order valence-corrected chi connectivity index (χ0v) is 7.27. The lowest BCUT2D eigenvalue weighted by Gasteiger charge is -2.03. The van der Waals surface area contributed by atoms with Crippen molar-refractivity contribution in [2.45, 2.75) is 6.61 Å². The summed E-state index contributed by atoms with van der Waals surface area (Å²) in [5.41, 5.74) is 6.48. The fourth-order valence-electron chi connectivity index (χ4n) is 1.07. The van der Waals surface area contributed by atoms with Crippen LogP contribution in [-0.4, -0.2) is 16.8 Å². The molecule has 0 radical (unpaired) electrons. The van der Waals surface area contributed by atoms with Crippen LogP contribution >= 0.6 is 0 Å². The zero-order chi connectivity index (χ0) is 9.68. The van der Waals surface area contributed by atoms with Crippen molar-refractivity contribution in [2.75, 3.05) is 6.54 Å². The maximum Gasteiger partial charge on any atom is 0.128 e. The van der Waals surface area contributed by atoms with Gasteiger partial charge in [0.1, 0.15) is 5.75 Å². The highest BCUT2D eigenvalue weighted by molar-refractivity contribution is 5.59. The highest BCUT2D eigenvalue weighted by atomic mass is 16.3. The van der Waals surface area contributed by atoms with Crippen LogP contribution in [-0.2, 0) is 6.61 Å². The summed E-state index contributed by atoms with van der Waals surface area (Å²) in [7, 11) is 0. The number of benzene rings is 1. The fourth-order valence-corrected chi connectivity index (χ4v) is 1.07. The lowest BCUT2D eigenvalue weighted by molar-refractivity contribution is 0.275. The molecule has 0 aromatic heterocycles. The second-order valence-electron chi connectivity index (χ2n) is 2.65. The number of aromatic hydroxyl groups is 1. The molecule has 1 aromatic carbocycles. The molecular formula is C10H13NO2. The number of nitrogens with two attached hydrogens (primary N) is 1. The number of hydrogen-bond donors (Lipinski definition) is 3. The molecule has 0 saturated heterocycles. The molecular weight excluding hydrogens is 166 g/mol. The van der Waals surface area contributed by atoms with E-state index in [0.29, 0.717) is 17.7 Å². The van der Waals surface area contributed by atoms with Crippen molar-refractivity contribution in [2.24, 2.45) is 5.73 Å². The second-order valence-corrected chi connectivity index (χ2v) is 2.65. The van der Waals surface area contributed by atoms with Gasteiger partial charge in [0, 0.05) is 17.7 Å². The Labute approximate surface area is 77.1 Å². The van der Waals surface area contributed by atoms with Gasteiger partial charge in [-0.3, -0.25) is 0 Å². The van der Waals surface area contributed by atoms with Crippen LogP contribution < -0.4 is 5.73 Å². The molecule has 0 unspecified atom stereocenters. The Bertz CT molecular complexity index is 308. The van der Waals surface area contributed by atoms with E-state index < -0.39 is 0 Å². The Morgan fingerprint density at radius 1 is 1.38 bits per heavy atom. The van der Waals surface area contributed by atoms with E-state index in [2.05, 4.69) is 0 Å². The number of phenols is 1. The van der Waals surface area contributed by atoms with E-state index >= 15 is 0 Å². The first-order valence-electron chi connectivity index (χ1n) is 4.08. The molecule has 0 aliphatic carbocycles. The van der Waals surface area contributed by atoms with Crippen molar-refractivity contribution in [1.29, 1.82) is 0 Å². The van der Waals surface area contributed by atoms with Crippen LogP contribution in [0.1, 0.15) is 11.1 Å². The highest BCUT2D eigenvalue weighted by Crippen LogP contribution is 2.23. The van der Waals surface area contributed by atoms with Crippen molar-refractivity contribution in [1.82, 2.24) is 0 Å². The first kappa shape index (κ1) is 9.77. The summed E-state index contributed by atoms with van der Waals surface area (Å²) in [6.45, 7) is 0.277. The summed E-state index contributed by atoms with van der Waals surface area (Å²) in [5, 5.41) is 18.4. The van der Waals surface area contributed by atoms with Crippen LogP contribution in [0.5, 0.6) is 5.75 Å². The molecule has 0 aliphatic rings. The minimum Gasteiger partial charge on any atom is -0.507 e. The van der Waals surface area contributed by atoms with Gasteiger partial charge in [-0.05, 0) is 0 Å². The topological polar surface area (TPSA) is 66.5 Å². The van der Waals surface area contributed by atoms with Crippen LogP contribution in [0, 0.1) is 0 Å². The van der Waals surface area contributed by atoms with Gasteiger partial charge in [-0.15, -0.1) is 0 Å². The molecule has 0 bridgehead atoms. The summed E-state index contributed by atoms with van der Waals surface area (Å²) in [5.74, 6) is 0.120. The smallest absolute Gasteiger partial charge is 0.128 e. The molecule has 0 aliphatic heterocycles. The standard InChI is InChI=1S/C10H13NO2/c11-6-2-5-8-3-1-4-9(7-12)10(8)13/h1-5,12-13H,6-7,11H2/b5-2+. The minimum atomic E-state index is -0.157. The van der Waals surface area contributed by atoms with E-state index in [9.17, 15) is 5.11 Å². The van der Waals surface area contributed by atoms with Crippen molar-refractivity contribution in [3.8, 4) is 5.75 Å². The Morgan fingerprint density at radius 3 is 2.77 bits per heavy atom. The molecule has 1 aromatic rings. The molecule has 13 heavy (non-hydrogen) atoms. The number of hydrogen-bond acceptors (Lipinski definition) is 3. The third-order valence-corrected chi connectivity index (χ3v) is 1.75. The van der Waals surface area contributed by atoms with Gasteiger partial charge < -0.3 is 15.9 Å². The van der Waals surface area contributed by atoms with Crippen LogP contribution in [0.4, 0.5) is 0 Å². The van der Waals surface area contributed by atoms with Crippen LogP contribution in [0.2, 0.25) is 0 Å². The third-order valence-electron chi connectivity index (χ3n) is 1.75. The van der Waals surface area contributed by atoms with E-state index in [1.54, 1.807) is 30.4 Å². The molecule has 3 heteroatoms. The average molecular weight is 179 g/mol. The van der Waals surface area contributed by atoms with Gasteiger partial charge in [0.25, 0.3) is 0 Å². The summed E-state index contributed by atoms with van der Waals surface area (Å²) < 4.78 is 0. The van der Waals surface area contributed by atoms with Crippen molar-refractivity contribution in [3.05, 3.63) is 35.4 Å². The maximum absolute atomic E-state index is 9.56. The molecule has 70 valence electrons. The molecule has 0 amide bonds. The first-order chi connectivity index (χ1) is 6.29. The summed E-state index contributed by atoms with van der Waals surface area (Å²) >= 11 is 0. The van der Waals surface area contributed by atoms with Crippen LogP contribution in [0.25, 0.3) is 6.08 Å². The van der Waals surface area contributed by atoms with Gasteiger partial charge in [-0.25, -0.2) is 0 Å². The van der Waals surface area contributed by atoms with Crippen LogP contribution in [0.15, 0.2) is 24.3 Å². The molecule has 0 fully saturated rings. The van der Waals surface area contributed by atoms with Gasteiger partial charge in [-0.1, -0.05) is 30.4 Å². The van der Waals surface area contributed by atoms with Gasteiger partial charge >= 0.3 is 0 Å². The number of rotatable bonds is 3. The predicted octanol–water partition coefficient (Wildman–Crippen LogP) is 0.856. The quantitative estimate of drug-likeness (QED) is 0.644. The number of aliphatic hydroxyl groups excluding tert-OH is 1. The number of aliphatic hydroxyl groups is 1. The van der Waals surface area contributed by atoms with Gasteiger partial charge in [0.2, 0.25) is 0 Å². The van der Waals surface area contributed by atoms with Crippen LogP contribution in [0.3, 0.4) is 0 Å². The largest absolute Gasteiger partial charge is 0.507 e. The van der Waals surface area contributed by atoms with Crippen molar-refractivity contribution in [3.63, 3.8) is 0 Å². The fraction of sp³-hybridized carbons (Fsp3) is 0.200. The summed E-state index contributed by atoms with van der Waals surface area (Å²) in [6.07, 6.45) is 3.48. The lowest BCUT2D eigenvalue weighted by Crippen LogP contribution is -1.92. The van der Waals surface area contributed by atoms with E-state index in [4.69, 9.17) is 10.8 Å². The van der Waals surface area contributed by atoms with E-state index in [0.717, 1.165) is 0 Å². The minimum absolute atomic E-state index is 0.120. The molecule has 0 heterocycles. The van der Waals surface area contributed by atoms with Gasteiger partial charge in [0.15, 0.2) is 0 Å². The van der Waals surface area contributed by atoms with Gasteiger partial charge in [0.05, 0.1) is 6.61 Å². The molecule has 0 saturated carbocycles. The third kappa shape index (κ3) is 2.31. The molecule has 0 spiro atoms. The highest BCUT2D eigenvalue weighted by Gasteiger charge is 2.02. The van der Waals surface area contributed by atoms with Gasteiger partial charge in [-0.2, -0.15) is 0 Å². The zero-order valence-electron chi connectivity index (χ0n) is 7.27. The Balaban J connectivity index is 3.01. The van der Waals surface area contributed by atoms with E-state index in [-0.39, 0.29) is 12.4 Å². The lowest BCUT2D eigenvalue weighted by atomic mass is 10.1. The Kier molecular flexibility index (Phi) is 3.49. The van der Waals surface area contributed by atoms with Crippen molar-refractivity contribution >= 4 is 6.08 Å². The molecule has 3 nitrogen and oxygen atoms in total. The second kappa shape index (κ2) is 4.64. The Hall–Kier alpha value is -1.32.